The molecule has 0 bridgehead atoms. The number of hydrogen-bond donors (Lipinski definition) is 1. The molecule has 0 amide bonds. The summed E-state index contributed by atoms with van der Waals surface area (Å²) in [5.41, 5.74) is 2.46. The Morgan fingerprint density at radius 3 is 2.81 bits per heavy atom. The van der Waals surface area contributed by atoms with E-state index in [4.69, 9.17) is 4.74 Å². The van der Waals surface area contributed by atoms with Crippen LogP contribution in [0.1, 0.15) is 11.4 Å². The number of ether oxygens (including phenoxy) is 1. The number of aromatic nitrogens is 5. The van der Waals surface area contributed by atoms with Gasteiger partial charge in [0.2, 0.25) is 0 Å². The molecule has 2 aromatic carbocycles. The van der Waals surface area contributed by atoms with Gasteiger partial charge in [0.05, 0.1) is 34.3 Å². The number of methoxy groups -OCH3 is 1. The molecular formula is C23H19N5O2S2. The van der Waals surface area contributed by atoms with Crippen molar-refractivity contribution in [3.8, 4) is 22.1 Å². The Morgan fingerprint density at radius 1 is 1.12 bits per heavy atom. The fourth-order valence-electron chi connectivity index (χ4n) is 3.46. The minimum absolute atomic E-state index is 0.143. The molecule has 0 spiro atoms. The van der Waals surface area contributed by atoms with Crippen LogP contribution in [0.15, 0.2) is 69.9 Å². The lowest BCUT2D eigenvalue weighted by Crippen LogP contribution is -2.11. The smallest absolute Gasteiger partial charge is 0.258 e. The monoisotopic (exact) mass is 461 g/mol. The van der Waals surface area contributed by atoms with E-state index in [1.54, 1.807) is 24.5 Å². The molecule has 0 aliphatic rings. The van der Waals surface area contributed by atoms with Gasteiger partial charge in [-0.3, -0.25) is 9.36 Å². The van der Waals surface area contributed by atoms with Crippen LogP contribution in [0.25, 0.3) is 27.3 Å². The topological polar surface area (TPSA) is 85.7 Å². The molecule has 0 saturated heterocycles. The highest BCUT2D eigenvalue weighted by Gasteiger charge is 2.20. The Bertz CT molecular complexity index is 1460. The average molecular weight is 462 g/mol. The SMILES string of the molecule is COc1ccccc1-n1c(SCc2nc3cc(C)ccc3c(=O)[nH]2)nnc1-c1cccs1. The van der Waals surface area contributed by atoms with Gasteiger partial charge < -0.3 is 9.72 Å². The highest BCUT2D eigenvalue weighted by molar-refractivity contribution is 7.98. The van der Waals surface area contributed by atoms with E-state index >= 15 is 0 Å². The summed E-state index contributed by atoms with van der Waals surface area (Å²) in [6, 6.07) is 17.4. The van der Waals surface area contributed by atoms with Crippen LogP contribution in [0, 0.1) is 6.92 Å². The van der Waals surface area contributed by atoms with Crippen molar-refractivity contribution in [2.24, 2.45) is 0 Å². The maximum absolute atomic E-state index is 12.5. The number of aryl methyl sites for hydroxylation is 1. The van der Waals surface area contributed by atoms with E-state index in [0.29, 0.717) is 27.6 Å². The normalized spacial score (nSPS) is 11.2. The third-order valence-electron chi connectivity index (χ3n) is 4.95. The summed E-state index contributed by atoms with van der Waals surface area (Å²) in [6.45, 7) is 1.98. The molecule has 5 aromatic rings. The molecule has 0 aliphatic heterocycles. The standard InChI is InChI=1S/C23H19N5O2S2/c1-14-9-10-15-16(12-14)24-20(25-22(15)29)13-32-23-27-26-21(19-8-5-11-31-19)28(23)17-6-3-4-7-18(17)30-2/h3-12H,13H2,1-2H3,(H,24,25,29). The highest BCUT2D eigenvalue weighted by Crippen LogP contribution is 2.34. The molecule has 32 heavy (non-hydrogen) atoms. The molecular weight excluding hydrogens is 442 g/mol. The highest BCUT2D eigenvalue weighted by atomic mass is 32.2. The van der Waals surface area contributed by atoms with E-state index in [1.165, 1.54) is 11.8 Å². The molecule has 0 aliphatic carbocycles. The number of para-hydroxylation sites is 2. The number of thiophene rings is 1. The van der Waals surface area contributed by atoms with E-state index in [1.807, 2.05) is 65.4 Å². The zero-order valence-corrected chi connectivity index (χ0v) is 19.0. The number of H-pyrrole nitrogens is 1. The van der Waals surface area contributed by atoms with Crippen molar-refractivity contribution in [3.05, 3.63) is 81.7 Å². The number of aromatic amines is 1. The van der Waals surface area contributed by atoms with Crippen LogP contribution in [-0.4, -0.2) is 31.8 Å². The number of nitrogens with one attached hydrogen (secondary N) is 1. The van der Waals surface area contributed by atoms with E-state index in [-0.39, 0.29) is 5.56 Å². The summed E-state index contributed by atoms with van der Waals surface area (Å²) in [7, 11) is 1.65. The molecule has 0 unspecified atom stereocenters. The molecule has 0 atom stereocenters. The maximum Gasteiger partial charge on any atom is 0.258 e. The molecule has 160 valence electrons. The van der Waals surface area contributed by atoms with Crippen LogP contribution in [0.3, 0.4) is 0 Å². The molecule has 0 radical (unpaired) electrons. The molecule has 3 aromatic heterocycles. The Hall–Kier alpha value is -3.43. The lowest BCUT2D eigenvalue weighted by molar-refractivity contribution is 0.412. The van der Waals surface area contributed by atoms with Gasteiger partial charge in [-0.2, -0.15) is 0 Å². The van der Waals surface area contributed by atoms with Crippen molar-refractivity contribution in [2.75, 3.05) is 7.11 Å². The number of benzene rings is 2. The second kappa shape index (κ2) is 8.60. The largest absolute Gasteiger partial charge is 0.495 e. The molecule has 9 heteroatoms. The molecule has 0 fully saturated rings. The Morgan fingerprint density at radius 2 is 2.00 bits per heavy atom. The third-order valence-corrected chi connectivity index (χ3v) is 6.76. The van der Waals surface area contributed by atoms with Crippen molar-refractivity contribution < 1.29 is 4.74 Å². The Balaban J connectivity index is 1.55. The van der Waals surface area contributed by atoms with Gasteiger partial charge in [0.1, 0.15) is 11.6 Å². The summed E-state index contributed by atoms with van der Waals surface area (Å²) in [4.78, 5) is 21.0. The van der Waals surface area contributed by atoms with Crippen LogP contribution in [-0.2, 0) is 5.75 Å². The third kappa shape index (κ3) is 3.80. The summed E-state index contributed by atoms with van der Waals surface area (Å²) < 4.78 is 7.58. The van der Waals surface area contributed by atoms with Crippen LogP contribution < -0.4 is 10.3 Å². The van der Waals surface area contributed by atoms with Crippen LogP contribution in [0.2, 0.25) is 0 Å². The van der Waals surface area contributed by atoms with Gasteiger partial charge in [0, 0.05) is 0 Å². The van der Waals surface area contributed by atoms with Gasteiger partial charge in [-0.25, -0.2) is 4.98 Å². The first-order valence-electron chi connectivity index (χ1n) is 9.89. The molecule has 5 rings (SSSR count). The van der Waals surface area contributed by atoms with Crippen molar-refractivity contribution in [1.82, 2.24) is 24.7 Å². The van der Waals surface area contributed by atoms with E-state index in [9.17, 15) is 4.79 Å². The fraction of sp³-hybridized carbons (Fsp3) is 0.130. The predicted molar refractivity (Wildman–Crippen MR) is 128 cm³/mol. The van der Waals surface area contributed by atoms with E-state index in [2.05, 4.69) is 20.2 Å². The minimum atomic E-state index is -0.143. The molecule has 7 nitrogen and oxygen atoms in total. The molecule has 1 N–H and O–H groups in total. The van der Waals surface area contributed by atoms with Gasteiger partial charge in [0.15, 0.2) is 11.0 Å². The molecule has 3 heterocycles. The number of rotatable bonds is 6. The summed E-state index contributed by atoms with van der Waals surface area (Å²) >= 11 is 3.06. The number of hydrogen-bond acceptors (Lipinski definition) is 7. The average Bonchev–Trinajstić information content (AvgIpc) is 3.47. The zero-order valence-electron chi connectivity index (χ0n) is 17.4. The maximum atomic E-state index is 12.5. The number of nitrogens with zero attached hydrogens (tertiary/aromatic N) is 4. The quantitative estimate of drug-likeness (QED) is 0.364. The number of thioether (sulfide) groups is 1. The predicted octanol–water partition coefficient (Wildman–Crippen LogP) is 4.84. The second-order valence-electron chi connectivity index (χ2n) is 7.11. The fourth-order valence-corrected chi connectivity index (χ4v) is 4.97. The van der Waals surface area contributed by atoms with Gasteiger partial charge >= 0.3 is 0 Å². The Labute approximate surface area is 192 Å². The van der Waals surface area contributed by atoms with Gasteiger partial charge in [0.25, 0.3) is 5.56 Å². The lowest BCUT2D eigenvalue weighted by atomic mass is 10.2. The van der Waals surface area contributed by atoms with E-state index < -0.39 is 0 Å². The first kappa shape index (κ1) is 20.5. The van der Waals surface area contributed by atoms with Crippen molar-refractivity contribution in [1.29, 1.82) is 0 Å². The van der Waals surface area contributed by atoms with Crippen LogP contribution in [0.5, 0.6) is 5.75 Å². The van der Waals surface area contributed by atoms with Gasteiger partial charge in [-0.05, 0) is 48.2 Å². The van der Waals surface area contributed by atoms with Gasteiger partial charge in [-0.15, -0.1) is 21.5 Å². The second-order valence-corrected chi connectivity index (χ2v) is 9.00. The number of fused-ring (bicyclic) bond motifs is 1. The van der Waals surface area contributed by atoms with Crippen LogP contribution in [0.4, 0.5) is 0 Å². The van der Waals surface area contributed by atoms with Crippen molar-refractivity contribution >= 4 is 34.0 Å². The Kier molecular flexibility index (Phi) is 5.50. The summed E-state index contributed by atoms with van der Waals surface area (Å²) in [5.74, 6) is 2.49. The lowest BCUT2D eigenvalue weighted by Gasteiger charge is -2.13. The van der Waals surface area contributed by atoms with Crippen molar-refractivity contribution in [2.45, 2.75) is 17.8 Å². The first-order chi connectivity index (χ1) is 15.6. The van der Waals surface area contributed by atoms with Crippen LogP contribution >= 0.6 is 23.1 Å². The van der Waals surface area contributed by atoms with E-state index in [0.717, 1.165) is 27.7 Å². The summed E-state index contributed by atoms with van der Waals surface area (Å²) in [6.07, 6.45) is 0. The van der Waals surface area contributed by atoms with Gasteiger partial charge in [-0.1, -0.05) is 36.0 Å². The zero-order chi connectivity index (χ0) is 22.1. The minimum Gasteiger partial charge on any atom is -0.495 e. The summed E-state index contributed by atoms with van der Waals surface area (Å²) in [5, 5.41) is 12.2. The first-order valence-corrected chi connectivity index (χ1v) is 11.8. The molecule has 0 saturated carbocycles. The van der Waals surface area contributed by atoms with Crippen molar-refractivity contribution in [3.63, 3.8) is 0 Å².